The fourth-order valence-electron chi connectivity index (χ4n) is 2.60. The molecule has 3 N–H and O–H groups in total. The van der Waals surface area contributed by atoms with Gasteiger partial charge in [-0.1, -0.05) is 18.2 Å². The van der Waals surface area contributed by atoms with Crippen LogP contribution in [0.25, 0.3) is 11.0 Å². The second-order valence-corrected chi connectivity index (χ2v) is 7.61. The van der Waals surface area contributed by atoms with Crippen molar-refractivity contribution in [1.82, 2.24) is 0 Å². The Morgan fingerprint density at radius 2 is 1.85 bits per heavy atom. The first-order valence-electron chi connectivity index (χ1n) is 7.77. The Kier molecular flexibility index (Phi) is 4.63. The number of rotatable bonds is 5. The Balaban J connectivity index is 2.27. The van der Waals surface area contributed by atoms with E-state index in [1.807, 2.05) is 0 Å². The number of amides is 1. The largest absolute Gasteiger partial charge is 0.460 e. The zero-order chi connectivity index (χ0) is 19.8. The summed E-state index contributed by atoms with van der Waals surface area (Å²) in [4.78, 5) is 24.2. The van der Waals surface area contributed by atoms with Gasteiger partial charge in [0.05, 0.1) is 17.3 Å². The summed E-state index contributed by atoms with van der Waals surface area (Å²) in [5.74, 6) is -0.361. The summed E-state index contributed by atoms with van der Waals surface area (Å²) < 4.78 is 37.0. The maximum absolute atomic E-state index is 12.6. The van der Waals surface area contributed by atoms with Crippen molar-refractivity contribution in [1.29, 1.82) is 0 Å². The molecule has 0 aliphatic carbocycles. The van der Waals surface area contributed by atoms with E-state index in [9.17, 15) is 18.0 Å². The molecule has 0 aliphatic rings. The number of ether oxygens (including phenoxy) is 1. The molecule has 0 fully saturated rings. The number of para-hydroxylation sites is 1. The van der Waals surface area contributed by atoms with Gasteiger partial charge < -0.3 is 14.9 Å². The van der Waals surface area contributed by atoms with E-state index >= 15 is 0 Å². The predicted octanol–water partition coefficient (Wildman–Crippen LogP) is 2.36. The topological polar surface area (TPSA) is 129 Å². The van der Waals surface area contributed by atoms with Gasteiger partial charge in [0.2, 0.25) is 15.5 Å². The molecular weight excluding hydrogens is 372 g/mol. The highest BCUT2D eigenvalue weighted by Gasteiger charge is 2.20. The van der Waals surface area contributed by atoms with Crippen molar-refractivity contribution in [2.45, 2.75) is 6.92 Å². The molecule has 0 saturated heterocycles. The van der Waals surface area contributed by atoms with Gasteiger partial charge in [0.1, 0.15) is 22.7 Å². The Morgan fingerprint density at radius 1 is 1.19 bits per heavy atom. The highest BCUT2D eigenvalue weighted by molar-refractivity contribution is 7.92. The third-order valence-corrected chi connectivity index (χ3v) is 4.27. The van der Waals surface area contributed by atoms with Crippen LogP contribution in [0, 0.1) is 6.92 Å². The summed E-state index contributed by atoms with van der Waals surface area (Å²) in [7, 11) is -3.63. The number of benzene rings is 2. The van der Waals surface area contributed by atoms with Crippen molar-refractivity contribution in [2.75, 3.05) is 11.0 Å². The average molecular weight is 388 g/mol. The summed E-state index contributed by atoms with van der Waals surface area (Å²) in [5.41, 5.74) is 4.55. The molecule has 3 aromatic rings. The quantitative estimate of drug-likeness (QED) is 0.690. The van der Waals surface area contributed by atoms with Gasteiger partial charge in [-0.25, -0.2) is 8.42 Å². The molecule has 1 aromatic heterocycles. The monoisotopic (exact) mass is 388 g/mol. The Hall–Kier alpha value is -3.33. The molecule has 0 radical (unpaired) electrons. The van der Waals surface area contributed by atoms with Gasteiger partial charge in [-0.2, -0.15) is 0 Å². The van der Waals surface area contributed by atoms with E-state index in [1.165, 1.54) is 19.1 Å². The lowest BCUT2D eigenvalue weighted by Gasteiger charge is -2.14. The molecule has 2 aromatic carbocycles. The van der Waals surface area contributed by atoms with Crippen LogP contribution in [-0.4, -0.2) is 20.6 Å². The predicted molar refractivity (Wildman–Crippen MR) is 101 cm³/mol. The second kappa shape index (κ2) is 6.76. The number of fused-ring (bicyclic) bond motifs is 1. The van der Waals surface area contributed by atoms with E-state index in [1.54, 1.807) is 30.3 Å². The first-order chi connectivity index (χ1) is 12.7. The highest BCUT2D eigenvalue weighted by Crippen LogP contribution is 2.34. The van der Waals surface area contributed by atoms with Crippen molar-refractivity contribution in [3.63, 3.8) is 0 Å². The number of hydrogen-bond acceptors (Lipinski definition) is 6. The number of primary amides is 1. The van der Waals surface area contributed by atoms with Crippen LogP contribution in [0.2, 0.25) is 0 Å². The SMILES string of the molecule is Cc1oc2cc(NS(C)(=O)=O)c(Oc3ccccc3)cc2c(=O)c1C(N)=O. The number of carbonyl (C=O) groups excluding carboxylic acids is 1. The van der Waals surface area contributed by atoms with Crippen LogP contribution < -0.4 is 20.6 Å². The van der Waals surface area contributed by atoms with Gasteiger partial charge in [-0.15, -0.1) is 0 Å². The van der Waals surface area contributed by atoms with Crippen LogP contribution in [0.5, 0.6) is 11.5 Å². The molecule has 0 spiro atoms. The molecule has 3 rings (SSSR count). The van der Waals surface area contributed by atoms with E-state index < -0.39 is 21.4 Å². The van der Waals surface area contributed by atoms with Crippen LogP contribution in [0.3, 0.4) is 0 Å². The molecule has 140 valence electrons. The van der Waals surface area contributed by atoms with Crippen LogP contribution in [0.1, 0.15) is 16.1 Å². The molecule has 1 heterocycles. The van der Waals surface area contributed by atoms with E-state index in [4.69, 9.17) is 14.9 Å². The number of nitrogens with one attached hydrogen (secondary N) is 1. The molecule has 0 saturated carbocycles. The zero-order valence-electron chi connectivity index (χ0n) is 14.5. The standard InChI is InChI=1S/C18H16N2O6S/c1-10-16(18(19)22)17(21)12-8-15(26-11-6-4-3-5-7-11)13(9-14(12)25-10)20-27(2,23)24/h3-9,20H,1-2H3,(H2,19,22). The molecule has 0 unspecified atom stereocenters. The lowest BCUT2D eigenvalue weighted by molar-refractivity contribution is 0.0996. The van der Waals surface area contributed by atoms with E-state index in [0.29, 0.717) is 5.75 Å². The fourth-order valence-corrected chi connectivity index (χ4v) is 3.16. The number of nitrogens with two attached hydrogens (primary N) is 1. The van der Waals surface area contributed by atoms with Gasteiger partial charge in [-0.3, -0.25) is 14.3 Å². The lowest BCUT2D eigenvalue weighted by atomic mass is 10.1. The number of anilines is 1. The lowest BCUT2D eigenvalue weighted by Crippen LogP contribution is -2.23. The van der Waals surface area contributed by atoms with E-state index in [2.05, 4.69) is 4.72 Å². The number of hydrogen-bond donors (Lipinski definition) is 2. The van der Waals surface area contributed by atoms with Crippen molar-refractivity contribution >= 4 is 32.6 Å². The summed E-state index contributed by atoms with van der Waals surface area (Å²) in [6, 6.07) is 11.2. The first kappa shape index (κ1) is 18.5. The molecule has 8 nitrogen and oxygen atoms in total. The highest BCUT2D eigenvalue weighted by atomic mass is 32.2. The number of carbonyl (C=O) groups is 1. The smallest absolute Gasteiger partial charge is 0.256 e. The van der Waals surface area contributed by atoms with Crippen LogP contribution in [-0.2, 0) is 10.0 Å². The van der Waals surface area contributed by atoms with Crippen LogP contribution in [0.4, 0.5) is 5.69 Å². The van der Waals surface area contributed by atoms with E-state index in [-0.39, 0.29) is 33.7 Å². The van der Waals surface area contributed by atoms with Crippen LogP contribution in [0.15, 0.2) is 51.7 Å². The maximum atomic E-state index is 12.6. The third kappa shape index (κ3) is 3.93. The Labute approximate surface area is 154 Å². The molecule has 1 amide bonds. The van der Waals surface area contributed by atoms with Crippen molar-refractivity contribution < 1.29 is 22.4 Å². The molecule has 0 aliphatic heterocycles. The first-order valence-corrected chi connectivity index (χ1v) is 9.67. The number of aryl methyl sites for hydroxylation is 1. The number of sulfonamides is 1. The van der Waals surface area contributed by atoms with Crippen molar-refractivity contribution in [2.24, 2.45) is 5.73 Å². The molecule has 9 heteroatoms. The van der Waals surface area contributed by atoms with Gasteiger partial charge in [-0.05, 0) is 25.1 Å². The van der Waals surface area contributed by atoms with Crippen molar-refractivity contribution in [3.05, 3.63) is 64.0 Å². The third-order valence-electron chi connectivity index (χ3n) is 3.68. The van der Waals surface area contributed by atoms with Gasteiger partial charge >= 0.3 is 0 Å². The molecule has 27 heavy (non-hydrogen) atoms. The minimum atomic E-state index is -3.63. The second-order valence-electron chi connectivity index (χ2n) is 5.86. The minimum Gasteiger partial charge on any atom is -0.460 e. The normalized spacial score (nSPS) is 11.3. The van der Waals surface area contributed by atoms with Crippen LogP contribution >= 0.6 is 0 Å². The minimum absolute atomic E-state index is 0.0411. The molecular formula is C18H16N2O6S. The Bertz CT molecular complexity index is 1200. The molecule has 0 atom stereocenters. The summed E-state index contributed by atoms with van der Waals surface area (Å²) >= 11 is 0. The summed E-state index contributed by atoms with van der Waals surface area (Å²) in [5, 5.41) is 0.0411. The maximum Gasteiger partial charge on any atom is 0.256 e. The van der Waals surface area contributed by atoms with Gasteiger partial charge in [0, 0.05) is 6.07 Å². The zero-order valence-corrected chi connectivity index (χ0v) is 15.3. The Morgan fingerprint density at radius 3 is 2.44 bits per heavy atom. The van der Waals surface area contributed by atoms with E-state index in [0.717, 1.165) is 6.26 Å². The molecule has 0 bridgehead atoms. The van der Waals surface area contributed by atoms with Crippen molar-refractivity contribution in [3.8, 4) is 11.5 Å². The summed E-state index contributed by atoms with van der Waals surface area (Å²) in [6.07, 6.45) is 0.987. The van der Waals surface area contributed by atoms with Gasteiger partial charge in [0.15, 0.2) is 5.75 Å². The summed E-state index contributed by atoms with van der Waals surface area (Å²) in [6.45, 7) is 1.43. The fraction of sp³-hybridized carbons (Fsp3) is 0.111. The average Bonchev–Trinajstić information content (AvgIpc) is 2.55. The van der Waals surface area contributed by atoms with Gasteiger partial charge in [0.25, 0.3) is 5.91 Å².